The van der Waals surface area contributed by atoms with Gasteiger partial charge in [0.05, 0.1) is 15.2 Å². The average Bonchev–Trinajstić information content (AvgIpc) is 2.57. The van der Waals surface area contributed by atoms with Gasteiger partial charge in [-0.3, -0.25) is 4.79 Å². The molecule has 0 fully saturated rings. The molecule has 7 heteroatoms. The van der Waals surface area contributed by atoms with Crippen LogP contribution in [-0.4, -0.2) is 23.8 Å². The molecule has 1 amide bonds. The normalized spacial score (nSPS) is 11.6. The van der Waals surface area contributed by atoms with Crippen molar-refractivity contribution in [2.24, 2.45) is 5.10 Å². The summed E-state index contributed by atoms with van der Waals surface area (Å²) in [7, 11) is 0. The minimum atomic E-state index is -0.363. The maximum Gasteiger partial charge on any atom is 0.277 e. The summed E-state index contributed by atoms with van der Waals surface area (Å²) in [6.45, 7) is 6.29. The third-order valence-electron chi connectivity index (χ3n) is 3.53. The van der Waals surface area contributed by atoms with Crippen molar-refractivity contribution in [3.8, 4) is 11.5 Å². The van der Waals surface area contributed by atoms with Crippen LogP contribution in [0.1, 0.15) is 31.9 Å². The van der Waals surface area contributed by atoms with Gasteiger partial charge in [-0.2, -0.15) is 5.10 Å². The molecule has 0 heterocycles. The lowest BCUT2D eigenvalue weighted by Crippen LogP contribution is -2.24. The van der Waals surface area contributed by atoms with Gasteiger partial charge in [-0.05, 0) is 72.7 Å². The highest BCUT2D eigenvalue weighted by molar-refractivity contribution is 9.11. The second-order valence-electron chi connectivity index (χ2n) is 6.69. The Morgan fingerprint density at radius 2 is 1.77 bits per heavy atom. The highest BCUT2D eigenvalue weighted by Crippen LogP contribution is 2.32. The number of hydrogen-bond acceptors (Lipinski definition) is 4. The number of ether oxygens (including phenoxy) is 1. The number of halogens is 2. The second kappa shape index (κ2) is 8.68. The molecule has 0 saturated carbocycles. The van der Waals surface area contributed by atoms with E-state index in [9.17, 15) is 9.90 Å². The lowest BCUT2D eigenvalue weighted by molar-refractivity contribution is -0.123. The molecule has 2 N–H and O–H groups in total. The molecule has 138 valence electrons. The summed E-state index contributed by atoms with van der Waals surface area (Å²) in [6.07, 6.45) is 1.48. The zero-order valence-electron chi connectivity index (χ0n) is 14.7. The molecule has 0 aliphatic heterocycles. The van der Waals surface area contributed by atoms with Crippen LogP contribution >= 0.6 is 31.9 Å². The smallest absolute Gasteiger partial charge is 0.277 e. The van der Waals surface area contributed by atoms with Crippen LogP contribution in [0.3, 0.4) is 0 Å². The summed E-state index contributed by atoms with van der Waals surface area (Å²) in [5.41, 5.74) is 4.38. The summed E-state index contributed by atoms with van der Waals surface area (Å²) < 4.78 is 6.52. The molecule has 0 radical (unpaired) electrons. The van der Waals surface area contributed by atoms with Crippen molar-refractivity contribution in [1.29, 1.82) is 0 Å². The van der Waals surface area contributed by atoms with Crippen LogP contribution in [-0.2, 0) is 10.2 Å². The summed E-state index contributed by atoms with van der Waals surface area (Å²) in [6, 6.07) is 11.1. The molecule has 2 aromatic rings. The van der Waals surface area contributed by atoms with Crippen molar-refractivity contribution >= 4 is 44.0 Å². The zero-order valence-corrected chi connectivity index (χ0v) is 17.9. The van der Waals surface area contributed by atoms with Crippen molar-refractivity contribution in [2.45, 2.75) is 26.2 Å². The van der Waals surface area contributed by atoms with Crippen LogP contribution in [0.5, 0.6) is 11.5 Å². The Balaban J connectivity index is 1.85. The number of phenolic OH excluding ortho intramolecular Hbond substituents is 1. The first kappa shape index (κ1) is 20.5. The predicted molar refractivity (Wildman–Crippen MR) is 110 cm³/mol. The van der Waals surface area contributed by atoms with Gasteiger partial charge < -0.3 is 9.84 Å². The Morgan fingerprint density at radius 1 is 1.19 bits per heavy atom. The lowest BCUT2D eigenvalue weighted by atomic mass is 9.87. The topological polar surface area (TPSA) is 70.9 Å². The van der Waals surface area contributed by atoms with Crippen molar-refractivity contribution in [1.82, 2.24) is 5.43 Å². The molecule has 0 bridgehead atoms. The van der Waals surface area contributed by atoms with Crippen LogP contribution in [0, 0.1) is 0 Å². The number of nitrogens with zero attached hydrogens (tertiary/aromatic N) is 1. The van der Waals surface area contributed by atoms with E-state index in [1.807, 2.05) is 24.3 Å². The number of carbonyl (C=O) groups excluding carboxylic acids is 1. The van der Waals surface area contributed by atoms with Crippen LogP contribution in [0.4, 0.5) is 0 Å². The SMILES string of the molecule is CC(C)(C)c1ccc(OCC(=O)NN=Cc2cc(Br)c(O)c(Br)c2)cc1. The first-order valence-electron chi connectivity index (χ1n) is 7.90. The number of aromatic hydroxyl groups is 1. The summed E-state index contributed by atoms with van der Waals surface area (Å²) in [5, 5.41) is 13.5. The Hall–Kier alpha value is -1.86. The third kappa shape index (κ3) is 5.85. The van der Waals surface area contributed by atoms with Crippen LogP contribution < -0.4 is 10.2 Å². The Bertz CT molecular complexity index is 790. The van der Waals surface area contributed by atoms with Crippen LogP contribution in [0.15, 0.2) is 50.4 Å². The molecular formula is C19H20Br2N2O3. The van der Waals surface area contributed by atoms with Gasteiger partial charge >= 0.3 is 0 Å². The number of carbonyl (C=O) groups is 1. The van der Waals surface area contributed by atoms with Gasteiger partial charge in [0.25, 0.3) is 5.91 Å². The zero-order chi connectivity index (χ0) is 19.3. The largest absolute Gasteiger partial charge is 0.506 e. The van der Waals surface area contributed by atoms with E-state index in [1.54, 1.807) is 12.1 Å². The highest BCUT2D eigenvalue weighted by Gasteiger charge is 2.13. The van der Waals surface area contributed by atoms with Gasteiger partial charge in [-0.25, -0.2) is 5.43 Å². The number of phenols is 1. The number of hydrogen-bond donors (Lipinski definition) is 2. The molecule has 0 saturated heterocycles. The predicted octanol–water partition coefficient (Wildman–Crippen LogP) is 4.74. The highest BCUT2D eigenvalue weighted by atomic mass is 79.9. The van der Waals surface area contributed by atoms with E-state index in [2.05, 4.69) is 63.2 Å². The average molecular weight is 484 g/mol. The number of nitrogens with one attached hydrogen (secondary N) is 1. The number of hydrazone groups is 1. The van der Waals surface area contributed by atoms with E-state index in [-0.39, 0.29) is 23.7 Å². The van der Waals surface area contributed by atoms with E-state index in [4.69, 9.17) is 4.74 Å². The van der Waals surface area contributed by atoms with Gasteiger partial charge in [0.15, 0.2) is 6.61 Å². The maximum absolute atomic E-state index is 11.8. The van der Waals surface area contributed by atoms with Gasteiger partial charge in [0.1, 0.15) is 11.5 Å². The fraction of sp³-hybridized carbons (Fsp3) is 0.263. The molecule has 26 heavy (non-hydrogen) atoms. The monoisotopic (exact) mass is 482 g/mol. The Labute approximate surface area is 169 Å². The Kier molecular flexibility index (Phi) is 6.83. The number of benzene rings is 2. The van der Waals surface area contributed by atoms with Crippen LogP contribution in [0.25, 0.3) is 0 Å². The second-order valence-corrected chi connectivity index (χ2v) is 8.40. The van der Waals surface area contributed by atoms with Gasteiger partial charge in [0.2, 0.25) is 0 Å². The Morgan fingerprint density at radius 3 is 2.31 bits per heavy atom. The first-order chi connectivity index (χ1) is 12.2. The summed E-state index contributed by atoms with van der Waals surface area (Å²) in [4.78, 5) is 11.8. The van der Waals surface area contributed by atoms with Gasteiger partial charge in [-0.15, -0.1) is 0 Å². The van der Waals surface area contributed by atoms with E-state index in [1.165, 1.54) is 11.8 Å². The molecule has 5 nitrogen and oxygen atoms in total. The molecule has 0 unspecified atom stereocenters. The third-order valence-corrected chi connectivity index (χ3v) is 4.74. The van der Waals surface area contributed by atoms with Gasteiger partial charge in [0, 0.05) is 0 Å². The fourth-order valence-electron chi connectivity index (χ4n) is 2.07. The quantitative estimate of drug-likeness (QED) is 0.476. The lowest BCUT2D eigenvalue weighted by Gasteiger charge is -2.19. The minimum absolute atomic E-state index is 0.0723. The van der Waals surface area contributed by atoms with E-state index < -0.39 is 0 Å². The van der Waals surface area contributed by atoms with Crippen molar-refractivity contribution in [3.63, 3.8) is 0 Å². The van der Waals surface area contributed by atoms with E-state index in [0.717, 1.165) is 0 Å². The van der Waals surface area contributed by atoms with Crippen molar-refractivity contribution in [3.05, 3.63) is 56.5 Å². The van der Waals surface area contributed by atoms with Crippen LogP contribution in [0.2, 0.25) is 0 Å². The summed E-state index contributed by atoms with van der Waals surface area (Å²) in [5.74, 6) is 0.374. The number of rotatable bonds is 5. The van der Waals surface area contributed by atoms with Gasteiger partial charge in [-0.1, -0.05) is 32.9 Å². The molecule has 0 spiro atoms. The van der Waals surface area contributed by atoms with E-state index >= 15 is 0 Å². The summed E-state index contributed by atoms with van der Waals surface area (Å²) >= 11 is 6.47. The first-order valence-corrected chi connectivity index (χ1v) is 9.48. The number of amides is 1. The van der Waals surface area contributed by atoms with Crippen molar-refractivity contribution < 1.29 is 14.6 Å². The van der Waals surface area contributed by atoms with E-state index in [0.29, 0.717) is 20.3 Å². The molecule has 2 aromatic carbocycles. The molecule has 0 atom stereocenters. The molecular weight excluding hydrogens is 464 g/mol. The molecule has 0 aliphatic carbocycles. The maximum atomic E-state index is 11.8. The molecule has 2 rings (SSSR count). The standard InChI is InChI=1S/C19H20Br2N2O3/c1-19(2,3)13-4-6-14(7-5-13)26-11-17(24)23-22-10-12-8-15(20)18(25)16(21)9-12/h4-10,25H,11H2,1-3H3,(H,23,24). The molecule has 0 aromatic heterocycles. The minimum Gasteiger partial charge on any atom is -0.506 e. The van der Waals surface area contributed by atoms with Crippen molar-refractivity contribution in [2.75, 3.05) is 6.61 Å². The fourth-order valence-corrected chi connectivity index (χ4v) is 3.29. The molecule has 0 aliphatic rings.